The molecule has 176 valence electrons. The molecule has 1 unspecified atom stereocenters. The largest absolute Gasteiger partial charge is 0.398 e. The van der Waals surface area contributed by atoms with Crippen LogP contribution in [0.25, 0.3) is 0 Å². The van der Waals surface area contributed by atoms with Gasteiger partial charge in [-0.2, -0.15) is 0 Å². The molecule has 0 aliphatic heterocycles. The fourth-order valence-electron chi connectivity index (χ4n) is 3.31. The first kappa shape index (κ1) is 26.2. The number of rotatable bonds is 8. The van der Waals surface area contributed by atoms with Crippen molar-refractivity contribution in [1.82, 2.24) is 5.32 Å². The van der Waals surface area contributed by atoms with Crippen LogP contribution in [0.5, 0.6) is 0 Å². The summed E-state index contributed by atoms with van der Waals surface area (Å²) in [4.78, 5) is 4.79. The molecule has 0 heterocycles. The van der Waals surface area contributed by atoms with E-state index in [9.17, 15) is 4.39 Å². The number of hydrogen-bond acceptors (Lipinski definition) is 3. The van der Waals surface area contributed by atoms with Crippen LogP contribution in [0.4, 0.5) is 15.8 Å². The van der Waals surface area contributed by atoms with Gasteiger partial charge in [0, 0.05) is 34.1 Å². The van der Waals surface area contributed by atoms with Crippen molar-refractivity contribution in [2.24, 2.45) is 4.99 Å². The topological polar surface area (TPSA) is 62.4 Å². The Hall–Kier alpha value is -3.05. The highest BCUT2D eigenvalue weighted by Gasteiger charge is 2.16. The van der Waals surface area contributed by atoms with Gasteiger partial charge in [-0.05, 0) is 55.3 Å². The zero-order valence-electron chi connectivity index (χ0n) is 19.8. The van der Waals surface area contributed by atoms with E-state index in [4.69, 9.17) is 22.3 Å². The Labute approximate surface area is 202 Å². The van der Waals surface area contributed by atoms with E-state index < -0.39 is 0 Å². The molecule has 0 saturated heterocycles. The van der Waals surface area contributed by atoms with Crippen molar-refractivity contribution in [2.45, 2.75) is 46.7 Å². The number of benzene rings is 3. The number of aliphatic imine (C=N–C) groups is 1. The maximum Gasteiger partial charge on any atom is 0.131 e. The molecular formula is C27H34ClFN4. The van der Waals surface area contributed by atoms with Crippen LogP contribution in [0, 0.1) is 5.82 Å². The van der Waals surface area contributed by atoms with Crippen molar-refractivity contribution in [3.63, 3.8) is 0 Å². The Morgan fingerprint density at radius 1 is 1.06 bits per heavy atom. The predicted molar refractivity (Wildman–Crippen MR) is 141 cm³/mol. The molecule has 0 amide bonds. The fourth-order valence-corrected chi connectivity index (χ4v) is 3.50. The van der Waals surface area contributed by atoms with E-state index in [1.165, 1.54) is 6.07 Å². The van der Waals surface area contributed by atoms with Crippen LogP contribution >= 0.6 is 11.6 Å². The van der Waals surface area contributed by atoms with Crippen molar-refractivity contribution in [1.29, 1.82) is 0 Å². The smallest absolute Gasteiger partial charge is 0.131 e. The molecule has 0 radical (unpaired) electrons. The minimum Gasteiger partial charge on any atom is -0.398 e. The summed E-state index contributed by atoms with van der Waals surface area (Å²) in [6, 6.07) is 19.7. The van der Waals surface area contributed by atoms with Crippen LogP contribution in [0.1, 0.15) is 56.8 Å². The Bertz CT molecular complexity index is 1050. The molecule has 6 heteroatoms. The average molecular weight is 469 g/mol. The maximum atomic E-state index is 14.0. The number of nitrogens with zero attached hydrogens (tertiary/aromatic N) is 1. The quantitative estimate of drug-likeness (QED) is 0.186. The van der Waals surface area contributed by atoms with Crippen LogP contribution in [0.15, 0.2) is 71.7 Å². The number of para-hydroxylation sites is 1. The molecule has 1 atom stereocenters. The lowest BCUT2D eigenvalue weighted by Gasteiger charge is -2.22. The molecule has 0 aliphatic rings. The molecule has 3 aromatic carbocycles. The molecule has 4 nitrogen and oxygen atoms in total. The molecular weight excluding hydrogens is 435 g/mol. The number of amidine groups is 1. The van der Waals surface area contributed by atoms with Gasteiger partial charge in [0.25, 0.3) is 0 Å². The van der Waals surface area contributed by atoms with Gasteiger partial charge in [-0.15, -0.1) is 0 Å². The zero-order valence-corrected chi connectivity index (χ0v) is 20.6. The molecule has 33 heavy (non-hydrogen) atoms. The Morgan fingerprint density at radius 2 is 1.76 bits per heavy atom. The molecule has 4 N–H and O–H groups in total. The second-order valence-corrected chi connectivity index (χ2v) is 7.78. The number of nitrogens with two attached hydrogens (primary N) is 1. The van der Waals surface area contributed by atoms with Gasteiger partial charge >= 0.3 is 0 Å². The van der Waals surface area contributed by atoms with Crippen molar-refractivity contribution in [3.8, 4) is 0 Å². The Balaban J connectivity index is 0.00000187. The van der Waals surface area contributed by atoms with Crippen molar-refractivity contribution >= 4 is 28.8 Å². The van der Waals surface area contributed by atoms with Gasteiger partial charge in [-0.25, -0.2) is 4.39 Å². The first-order valence-corrected chi connectivity index (χ1v) is 11.8. The number of halogens is 2. The third-order valence-electron chi connectivity index (χ3n) is 4.98. The van der Waals surface area contributed by atoms with Crippen LogP contribution < -0.4 is 16.4 Å². The van der Waals surface area contributed by atoms with E-state index in [1.807, 2.05) is 69.3 Å². The normalized spacial score (nSPS) is 11.9. The Kier molecular flexibility index (Phi) is 10.7. The fraction of sp³-hybridized carbons (Fsp3) is 0.296. The standard InChI is InChI=1S/C25H28ClFN4.C2H6/c1-3-14-29-24-13-12-19(27)15-21(24)17(2)31-25(20-9-5-7-11-23(20)28)30-16-18-8-4-6-10-22(18)26;1-2/h4-13,15,17,29H,3,14,16,28H2,1-2H3,(H,30,31);1-2H3. The minimum absolute atomic E-state index is 0.209. The molecule has 0 aromatic heterocycles. The zero-order chi connectivity index (χ0) is 24.2. The molecule has 0 saturated carbocycles. The van der Waals surface area contributed by atoms with Crippen molar-refractivity contribution < 1.29 is 4.39 Å². The first-order valence-electron chi connectivity index (χ1n) is 11.4. The molecule has 0 spiro atoms. The number of nitrogens with one attached hydrogen (secondary N) is 2. The van der Waals surface area contributed by atoms with Gasteiger partial charge in [0.2, 0.25) is 0 Å². The van der Waals surface area contributed by atoms with Crippen molar-refractivity contribution in [3.05, 3.63) is 94.3 Å². The van der Waals surface area contributed by atoms with Gasteiger partial charge in [-0.1, -0.05) is 62.7 Å². The van der Waals surface area contributed by atoms with Gasteiger partial charge in [-0.3, -0.25) is 4.99 Å². The second-order valence-electron chi connectivity index (χ2n) is 7.37. The van der Waals surface area contributed by atoms with Gasteiger partial charge < -0.3 is 16.4 Å². The molecule has 0 fully saturated rings. The van der Waals surface area contributed by atoms with Crippen LogP contribution in [-0.2, 0) is 6.54 Å². The van der Waals surface area contributed by atoms with E-state index in [1.54, 1.807) is 12.1 Å². The summed E-state index contributed by atoms with van der Waals surface area (Å²) in [5, 5.41) is 7.48. The van der Waals surface area contributed by atoms with Crippen LogP contribution in [-0.4, -0.2) is 12.4 Å². The Morgan fingerprint density at radius 3 is 2.45 bits per heavy atom. The molecule has 0 aliphatic carbocycles. The van der Waals surface area contributed by atoms with E-state index in [0.29, 0.717) is 23.1 Å². The third kappa shape index (κ3) is 7.50. The summed E-state index contributed by atoms with van der Waals surface area (Å²) in [5.41, 5.74) is 10.3. The second kappa shape index (κ2) is 13.5. The lowest BCUT2D eigenvalue weighted by atomic mass is 10.0. The maximum absolute atomic E-state index is 14.0. The minimum atomic E-state index is -0.278. The summed E-state index contributed by atoms with van der Waals surface area (Å²) in [7, 11) is 0. The SMILES string of the molecule is CC.CCCNc1ccc(F)cc1C(C)NC(=NCc1ccccc1Cl)c1ccccc1N. The molecule has 3 rings (SSSR count). The van der Waals surface area contributed by atoms with Crippen LogP contribution in [0.3, 0.4) is 0 Å². The predicted octanol–water partition coefficient (Wildman–Crippen LogP) is 7.21. The number of hydrogen-bond donors (Lipinski definition) is 3. The summed E-state index contributed by atoms with van der Waals surface area (Å²) < 4.78 is 14.0. The van der Waals surface area contributed by atoms with E-state index in [0.717, 1.165) is 35.3 Å². The highest BCUT2D eigenvalue weighted by Crippen LogP contribution is 2.25. The lowest BCUT2D eigenvalue weighted by Crippen LogP contribution is -2.29. The third-order valence-corrected chi connectivity index (χ3v) is 5.35. The highest BCUT2D eigenvalue weighted by atomic mass is 35.5. The summed E-state index contributed by atoms with van der Waals surface area (Å²) >= 11 is 6.31. The summed E-state index contributed by atoms with van der Waals surface area (Å²) in [5.74, 6) is 0.357. The van der Waals surface area contributed by atoms with Gasteiger partial charge in [0.05, 0.1) is 12.6 Å². The van der Waals surface area contributed by atoms with Crippen molar-refractivity contribution in [2.75, 3.05) is 17.6 Å². The van der Waals surface area contributed by atoms with Gasteiger partial charge in [0.1, 0.15) is 11.7 Å². The lowest BCUT2D eigenvalue weighted by molar-refractivity contribution is 0.618. The number of anilines is 2. The summed E-state index contributed by atoms with van der Waals surface area (Å²) in [6.07, 6.45) is 0.976. The van der Waals surface area contributed by atoms with E-state index >= 15 is 0 Å². The van der Waals surface area contributed by atoms with Crippen LogP contribution in [0.2, 0.25) is 5.02 Å². The number of nitrogen functional groups attached to an aromatic ring is 1. The highest BCUT2D eigenvalue weighted by molar-refractivity contribution is 6.31. The molecule has 0 bridgehead atoms. The van der Waals surface area contributed by atoms with E-state index in [-0.39, 0.29) is 11.9 Å². The van der Waals surface area contributed by atoms with Gasteiger partial charge in [0.15, 0.2) is 0 Å². The monoisotopic (exact) mass is 468 g/mol. The molecule has 3 aromatic rings. The summed E-state index contributed by atoms with van der Waals surface area (Å²) in [6.45, 7) is 9.28. The van der Waals surface area contributed by atoms with E-state index in [2.05, 4.69) is 17.6 Å². The first-order chi connectivity index (χ1) is 16.0. The average Bonchev–Trinajstić information content (AvgIpc) is 2.83.